The number of esters is 1. The Morgan fingerprint density at radius 2 is 1.28 bits per heavy atom. The molecule has 0 saturated carbocycles. The number of ether oxygens (including phenoxy) is 2. The van der Waals surface area contributed by atoms with Crippen LogP contribution in [0.5, 0.6) is 0 Å². The number of unbranched alkanes of at least 4 members (excludes halogenated alkanes) is 11. The zero-order valence-corrected chi connectivity index (χ0v) is 27.1. The van der Waals surface area contributed by atoms with Crippen LogP contribution in [0.4, 0.5) is 0 Å². The van der Waals surface area contributed by atoms with Crippen LogP contribution in [-0.2, 0) is 19.1 Å². The number of cyclic esters (lactones) is 1. The Bertz CT molecular complexity index is 799. The van der Waals surface area contributed by atoms with E-state index in [1.54, 1.807) is 13.0 Å². The second-order valence-electron chi connectivity index (χ2n) is 13.1. The monoisotopic (exact) mass is 610 g/mol. The highest BCUT2D eigenvalue weighted by atomic mass is 16.5. The van der Waals surface area contributed by atoms with E-state index in [2.05, 4.69) is 6.92 Å². The molecular formula is C35H62O8. The smallest absolute Gasteiger partial charge is 0.334 e. The average Bonchev–Trinajstić information content (AvgIpc) is 3.59. The lowest BCUT2D eigenvalue weighted by molar-refractivity contribution is -0.139. The zero-order chi connectivity index (χ0) is 31.5. The SMILES string of the molecule is CCCCCCC[C@@H](O)[C@H]1CC[C@@H]([C@@H](O)CCCCCCCCCC[C@@H](O)CC(=O)CC[C@@H](O)CC2=C[C@H](C)OC2=O)O1. The van der Waals surface area contributed by atoms with Gasteiger partial charge < -0.3 is 29.9 Å². The maximum atomic E-state index is 12.2. The molecule has 8 nitrogen and oxygen atoms in total. The van der Waals surface area contributed by atoms with Crippen molar-refractivity contribution >= 4 is 11.8 Å². The number of carbonyl (C=O) groups is 2. The molecular weight excluding hydrogens is 548 g/mol. The van der Waals surface area contributed by atoms with Crippen LogP contribution in [0, 0.1) is 0 Å². The van der Waals surface area contributed by atoms with Crippen molar-refractivity contribution in [3.63, 3.8) is 0 Å². The molecule has 0 radical (unpaired) electrons. The second kappa shape index (κ2) is 22.2. The standard InChI is InChI=1S/C35H62O8/c1-3-4-5-10-14-17-31(39)33-21-22-34(43-33)32(40)18-15-12-9-7-6-8-11-13-16-28(36)25-30(38)20-19-29(37)24-27-23-26(2)42-35(27)41/h23,26,28-29,31-34,36-37,39-40H,3-22,24-25H2,1-2H3/t26-,28+,29+,31+,32-,33+,34-/m0/s1. The molecule has 4 N–H and O–H groups in total. The third-order valence-electron chi connectivity index (χ3n) is 9.00. The lowest BCUT2D eigenvalue weighted by atomic mass is 9.99. The van der Waals surface area contributed by atoms with Gasteiger partial charge in [-0.1, -0.05) is 90.4 Å². The number of rotatable bonds is 26. The largest absolute Gasteiger partial charge is 0.455 e. The normalized spacial score (nSPS) is 23.2. The van der Waals surface area contributed by atoms with E-state index >= 15 is 0 Å². The van der Waals surface area contributed by atoms with Crippen molar-refractivity contribution < 1.29 is 39.5 Å². The minimum Gasteiger partial charge on any atom is -0.455 e. The van der Waals surface area contributed by atoms with Gasteiger partial charge in [0.25, 0.3) is 0 Å². The number of carbonyl (C=O) groups excluding carboxylic acids is 2. The maximum absolute atomic E-state index is 12.2. The summed E-state index contributed by atoms with van der Waals surface area (Å²) < 4.78 is 11.0. The Balaban J connectivity index is 1.39. The fourth-order valence-corrected chi connectivity index (χ4v) is 6.31. The van der Waals surface area contributed by atoms with Crippen LogP contribution in [0.2, 0.25) is 0 Å². The van der Waals surface area contributed by atoms with E-state index in [1.807, 2.05) is 0 Å². The number of ketones is 1. The summed E-state index contributed by atoms with van der Waals surface area (Å²) in [5, 5.41) is 41.4. The van der Waals surface area contributed by atoms with Crippen molar-refractivity contribution in [1.29, 1.82) is 0 Å². The summed E-state index contributed by atoms with van der Waals surface area (Å²) in [7, 11) is 0. The average molecular weight is 611 g/mol. The number of hydrogen-bond donors (Lipinski definition) is 4. The predicted molar refractivity (Wildman–Crippen MR) is 169 cm³/mol. The Labute approximate surface area is 260 Å². The van der Waals surface area contributed by atoms with Crippen LogP contribution in [0.1, 0.15) is 155 Å². The van der Waals surface area contributed by atoms with Gasteiger partial charge in [0.1, 0.15) is 11.9 Å². The van der Waals surface area contributed by atoms with Crippen LogP contribution in [0.25, 0.3) is 0 Å². The first kappa shape index (κ1) is 37.9. The van der Waals surface area contributed by atoms with Crippen molar-refractivity contribution in [2.45, 2.75) is 198 Å². The van der Waals surface area contributed by atoms with E-state index in [1.165, 1.54) is 32.1 Å². The van der Waals surface area contributed by atoms with Gasteiger partial charge in [-0.25, -0.2) is 4.79 Å². The Morgan fingerprint density at radius 3 is 1.79 bits per heavy atom. The van der Waals surface area contributed by atoms with Gasteiger partial charge in [0, 0.05) is 24.8 Å². The lowest BCUT2D eigenvalue weighted by Gasteiger charge is -2.22. The van der Waals surface area contributed by atoms with E-state index in [9.17, 15) is 30.0 Å². The van der Waals surface area contributed by atoms with Crippen LogP contribution < -0.4 is 0 Å². The molecule has 2 aliphatic rings. The summed E-state index contributed by atoms with van der Waals surface area (Å²) in [5.74, 6) is -0.453. The summed E-state index contributed by atoms with van der Waals surface area (Å²) in [6.07, 6.45) is 18.1. The predicted octanol–water partition coefficient (Wildman–Crippen LogP) is 6.24. The number of Topliss-reactive ketones (excluding diaryl/α,β-unsaturated/α-hetero) is 1. The highest BCUT2D eigenvalue weighted by Crippen LogP contribution is 2.28. The minimum atomic E-state index is -0.765. The van der Waals surface area contributed by atoms with E-state index in [0.717, 1.165) is 77.0 Å². The molecule has 2 aliphatic heterocycles. The zero-order valence-electron chi connectivity index (χ0n) is 27.1. The minimum absolute atomic E-state index is 0.0573. The fraction of sp³-hybridized carbons (Fsp3) is 0.886. The summed E-state index contributed by atoms with van der Waals surface area (Å²) in [6, 6.07) is 0. The topological polar surface area (TPSA) is 134 Å². The van der Waals surface area contributed by atoms with Crippen molar-refractivity contribution in [2.24, 2.45) is 0 Å². The van der Waals surface area contributed by atoms with E-state index in [-0.39, 0.29) is 49.8 Å². The first-order valence-electron chi connectivity index (χ1n) is 17.5. The first-order chi connectivity index (χ1) is 20.7. The fourth-order valence-electron chi connectivity index (χ4n) is 6.31. The second-order valence-corrected chi connectivity index (χ2v) is 13.1. The molecule has 0 unspecified atom stereocenters. The molecule has 0 aromatic rings. The summed E-state index contributed by atoms with van der Waals surface area (Å²) >= 11 is 0. The summed E-state index contributed by atoms with van der Waals surface area (Å²) in [5.41, 5.74) is 0.467. The molecule has 0 spiro atoms. The van der Waals surface area contributed by atoms with Gasteiger partial charge in [0.2, 0.25) is 0 Å². The summed E-state index contributed by atoms with van der Waals surface area (Å²) in [4.78, 5) is 23.8. The Morgan fingerprint density at radius 1 is 0.767 bits per heavy atom. The first-order valence-corrected chi connectivity index (χ1v) is 17.5. The quantitative estimate of drug-likeness (QED) is 0.0668. The van der Waals surface area contributed by atoms with Crippen LogP contribution in [-0.4, -0.2) is 74.9 Å². The van der Waals surface area contributed by atoms with E-state index in [4.69, 9.17) is 9.47 Å². The number of aliphatic hydroxyl groups excluding tert-OH is 4. The van der Waals surface area contributed by atoms with Crippen LogP contribution >= 0.6 is 0 Å². The molecule has 0 amide bonds. The highest BCUT2D eigenvalue weighted by Gasteiger charge is 2.34. The molecule has 1 saturated heterocycles. The van der Waals surface area contributed by atoms with Crippen molar-refractivity contribution in [3.05, 3.63) is 11.6 Å². The molecule has 7 atom stereocenters. The molecule has 0 aliphatic carbocycles. The van der Waals surface area contributed by atoms with Gasteiger partial charge in [0.15, 0.2) is 0 Å². The van der Waals surface area contributed by atoms with Crippen molar-refractivity contribution in [1.82, 2.24) is 0 Å². The van der Waals surface area contributed by atoms with Crippen LogP contribution in [0.15, 0.2) is 11.6 Å². The summed E-state index contributed by atoms with van der Waals surface area (Å²) in [6.45, 7) is 3.97. The lowest BCUT2D eigenvalue weighted by Crippen LogP contribution is -2.31. The Hall–Kier alpha value is -1.32. The van der Waals surface area contributed by atoms with Gasteiger partial charge in [-0.2, -0.15) is 0 Å². The van der Waals surface area contributed by atoms with Gasteiger partial charge in [-0.05, 0) is 51.5 Å². The molecule has 2 heterocycles. The molecule has 43 heavy (non-hydrogen) atoms. The third-order valence-corrected chi connectivity index (χ3v) is 9.00. The van der Waals surface area contributed by atoms with Gasteiger partial charge in [-0.15, -0.1) is 0 Å². The van der Waals surface area contributed by atoms with Crippen molar-refractivity contribution in [2.75, 3.05) is 0 Å². The molecule has 2 rings (SSSR count). The van der Waals surface area contributed by atoms with Gasteiger partial charge in [0.05, 0.1) is 36.6 Å². The number of aliphatic hydroxyl groups is 4. The van der Waals surface area contributed by atoms with Gasteiger partial charge in [-0.3, -0.25) is 4.79 Å². The molecule has 0 aromatic carbocycles. The molecule has 250 valence electrons. The van der Waals surface area contributed by atoms with E-state index in [0.29, 0.717) is 12.0 Å². The maximum Gasteiger partial charge on any atom is 0.334 e. The third kappa shape index (κ3) is 16.5. The highest BCUT2D eigenvalue weighted by molar-refractivity contribution is 5.90. The molecule has 0 bridgehead atoms. The molecule has 0 aromatic heterocycles. The van der Waals surface area contributed by atoms with Crippen LogP contribution in [0.3, 0.4) is 0 Å². The van der Waals surface area contributed by atoms with Gasteiger partial charge >= 0.3 is 5.97 Å². The van der Waals surface area contributed by atoms with Crippen molar-refractivity contribution in [3.8, 4) is 0 Å². The molecule has 8 heteroatoms. The van der Waals surface area contributed by atoms with E-state index < -0.39 is 30.4 Å². The Kier molecular flexibility index (Phi) is 19.6. The molecule has 1 fully saturated rings. The number of hydrogen-bond acceptors (Lipinski definition) is 8.